The molecule has 0 atom stereocenters. The quantitative estimate of drug-likeness (QED) is 0.728. The van der Waals surface area contributed by atoms with Crippen LogP contribution in [0.2, 0.25) is 0 Å². The predicted octanol–water partition coefficient (Wildman–Crippen LogP) is 3.12. The Kier molecular flexibility index (Phi) is 2.33. The molecule has 0 N–H and O–H groups in total. The molecule has 0 amide bonds. The van der Waals surface area contributed by atoms with Gasteiger partial charge in [-0.05, 0) is 30.7 Å². The van der Waals surface area contributed by atoms with Crippen LogP contribution in [0.25, 0.3) is 10.9 Å². The third kappa shape index (κ3) is 1.55. The molecule has 3 heteroatoms. The fraction of sp³-hybridized carbons (Fsp3) is 0.0909. The number of pyridine rings is 1. The topological polar surface area (TPSA) is 30.0 Å². The molecule has 70 valence electrons. The van der Waals surface area contributed by atoms with E-state index in [1.54, 1.807) is 6.07 Å². The highest BCUT2D eigenvalue weighted by molar-refractivity contribution is 9.10. The van der Waals surface area contributed by atoms with Crippen molar-refractivity contribution in [1.82, 2.24) is 4.98 Å². The Morgan fingerprint density at radius 2 is 2.14 bits per heavy atom. The van der Waals surface area contributed by atoms with E-state index in [2.05, 4.69) is 20.9 Å². The molecule has 0 saturated carbocycles. The van der Waals surface area contributed by atoms with Gasteiger partial charge in [0.05, 0.1) is 5.52 Å². The Bertz CT molecular complexity index is 508. The SMILES string of the molecule is Cc1cc(Br)cc2ccc(C=O)nc12. The summed E-state index contributed by atoms with van der Waals surface area (Å²) in [5.74, 6) is 0. The molecule has 0 aliphatic carbocycles. The Balaban J connectivity index is 2.81. The van der Waals surface area contributed by atoms with E-state index in [1.807, 2.05) is 25.1 Å². The number of carbonyl (C=O) groups is 1. The summed E-state index contributed by atoms with van der Waals surface area (Å²) in [5.41, 5.74) is 2.43. The largest absolute Gasteiger partial charge is 0.296 e. The summed E-state index contributed by atoms with van der Waals surface area (Å²) in [6, 6.07) is 7.61. The molecule has 2 aromatic rings. The number of carbonyl (C=O) groups excluding carboxylic acids is 1. The van der Waals surface area contributed by atoms with Crippen LogP contribution in [0.5, 0.6) is 0 Å². The van der Waals surface area contributed by atoms with E-state index >= 15 is 0 Å². The minimum absolute atomic E-state index is 0.475. The molecule has 0 bridgehead atoms. The third-order valence-corrected chi connectivity index (χ3v) is 2.55. The number of halogens is 1. The number of hydrogen-bond donors (Lipinski definition) is 0. The number of hydrogen-bond acceptors (Lipinski definition) is 2. The number of aldehydes is 1. The highest BCUT2D eigenvalue weighted by Gasteiger charge is 2.01. The number of fused-ring (bicyclic) bond motifs is 1. The Morgan fingerprint density at radius 1 is 1.36 bits per heavy atom. The van der Waals surface area contributed by atoms with Crippen LogP contribution in [0.3, 0.4) is 0 Å². The summed E-state index contributed by atoms with van der Waals surface area (Å²) in [6.07, 6.45) is 0.765. The van der Waals surface area contributed by atoms with Gasteiger partial charge >= 0.3 is 0 Å². The van der Waals surface area contributed by atoms with Gasteiger partial charge in [0.1, 0.15) is 5.69 Å². The van der Waals surface area contributed by atoms with Gasteiger partial charge in [-0.25, -0.2) is 4.98 Å². The summed E-state index contributed by atoms with van der Waals surface area (Å²) < 4.78 is 1.03. The fourth-order valence-electron chi connectivity index (χ4n) is 1.45. The van der Waals surface area contributed by atoms with Gasteiger partial charge < -0.3 is 0 Å². The smallest absolute Gasteiger partial charge is 0.168 e. The molecule has 1 aromatic heterocycles. The second-order valence-corrected chi connectivity index (χ2v) is 4.06. The molecule has 0 radical (unpaired) electrons. The maximum absolute atomic E-state index is 10.6. The van der Waals surface area contributed by atoms with Crippen LogP contribution in [0.4, 0.5) is 0 Å². The number of benzene rings is 1. The lowest BCUT2D eigenvalue weighted by atomic mass is 10.1. The van der Waals surface area contributed by atoms with Crippen LogP contribution in [0.15, 0.2) is 28.7 Å². The van der Waals surface area contributed by atoms with Gasteiger partial charge in [0.25, 0.3) is 0 Å². The van der Waals surface area contributed by atoms with E-state index in [1.165, 1.54) is 0 Å². The van der Waals surface area contributed by atoms with Crippen LogP contribution in [0.1, 0.15) is 16.1 Å². The van der Waals surface area contributed by atoms with Crippen LogP contribution < -0.4 is 0 Å². The van der Waals surface area contributed by atoms with E-state index in [4.69, 9.17) is 0 Å². The molecule has 0 unspecified atom stereocenters. The minimum Gasteiger partial charge on any atom is -0.296 e. The number of rotatable bonds is 1. The van der Waals surface area contributed by atoms with Crippen LogP contribution in [0, 0.1) is 6.92 Å². The van der Waals surface area contributed by atoms with Gasteiger partial charge in [0.15, 0.2) is 6.29 Å². The Labute approximate surface area is 90.1 Å². The second-order valence-electron chi connectivity index (χ2n) is 3.15. The maximum Gasteiger partial charge on any atom is 0.168 e. The molecule has 0 spiro atoms. The number of nitrogens with zero attached hydrogens (tertiary/aromatic N) is 1. The van der Waals surface area contributed by atoms with Crippen molar-refractivity contribution in [3.05, 3.63) is 40.0 Å². The molecule has 14 heavy (non-hydrogen) atoms. The van der Waals surface area contributed by atoms with Gasteiger partial charge in [-0.15, -0.1) is 0 Å². The van der Waals surface area contributed by atoms with Crippen LogP contribution >= 0.6 is 15.9 Å². The first-order chi connectivity index (χ1) is 6.70. The molecule has 0 fully saturated rings. The highest BCUT2D eigenvalue weighted by Crippen LogP contribution is 2.22. The van der Waals surface area contributed by atoms with Crippen molar-refractivity contribution in [2.45, 2.75) is 6.92 Å². The molecule has 2 rings (SSSR count). The zero-order chi connectivity index (χ0) is 10.1. The lowest BCUT2D eigenvalue weighted by Crippen LogP contribution is -1.89. The van der Waals surface area contributed by atoms with Crippen LogP contribution in [-0.4, -0.2) is 11.3 Å². The second kappa shape index (κ2) is 3.50. The third-order valence-electron chi connectivity index (χ3n) is 2.09. The Hall–Kier alpha value is -1.22. The van der Waals surface area contributed by atoms with E-state index in [0.717, 1.165) is 27.2 Å². The van der Waals surface area contributed by atoms with Gasteiger partial charge in [0, 0.05) is 9.86 Å². The number of aromatic nitrogens is 1. The lowest BCUT2D eigenvalue weighted by molar-refractivity contribution is 0.111. The van der Waals surface area contributed by atoms with Crippen molar-refractivity contribution in [2.24, 2.45) is 0 Å². The molecular weight excluding hydrogens is 242 g/mol. The zero-order valence-electron chi connectivity index (χ0n) is 7.62. The van der Waals surface area contributed by atoms with Gasteiger partial charge in [-0.3, -0.25) is 4.79 Å². The molecule has 1 aromatic carbocycles. The fourth-order valence-corrected chi connectivity index (χ4v) is 2.04. The van der Waals surface area contributed by atoms with Crippen molar-refractivity contribution < 1.29 is 4.79 Å². The monoisotopic (exact) mass is 249 g/mol. The molecule has 1 heterocycles. The summed E-state index contributed by atoms with van der Waals surface area (Å²) in [6.45, 7) is 1.98. The first-order valence-corrected chi connectivity index (χ1v) is 5.02. The number of aryl methyl sites for hydroxylation is 1. The molecule has 2 nitrogen and oxygen atoms in total. The molecule has 0 aliphatic heterocycles. The average molecular weight is 250 g/mol. The molecule has 0 saturated heterocycles. The summed E-state index contributed by atoms with van der Waals surface area (Å²) >= 11 is 3.42. The van der Waals surface area contributed by atoms with Crippen molar-refractivity contribution in [1.29, 1.82) is 0 Å². The van der Waals surface area contributed by atoms with Crippen LogP contribution in [-0.2, 0) is 0 Å². The average Bonchev–Trinajstić information content (AvgIpc) is 2.17. The van der Waals surface area contributed by atoms with E-state index in [-0.39, 0.29) is 0 Å². The van der Waals surface area contributed by atoms with Gasteiger partial charge in [-0.1, -0.05) is 22.0 Å². The van der Waals surface area contributed by atoms with Crippen molar-refractivity contribution in [3.8, 4) is 0 Å². The minimum atomic E-state index is 0.475. The lowest BCUT2D eigenvalue weighted by Gasteiger charge is -2.02. The molecule has 0 aliphatic rings. The van der Waals surface area contributed by atoms with Crippen molar-refractivity contribution in [2.75, 3.05) is 0 Å². The normalized spacial score (nSPS) is 10.4. The summed E-state index contributed by atoms with van der Waals surface area (Å²) in [5, 5.41) is 1.04. The first kappa shape index (κ1) is 9.34. The highest BCUT2D eigenvalue weighted by atomic mass is 79.9. The van der Waals surface area contributed by atoms with Crippen molar-refractivity contribution >= 4 is 33.1 Å². The first-order valence-electron chi connectivity index (χ1n) is 4.23. The zero-order valence-corrected chi connectivity index (χ0v) is 9.21. The van der Waals surface area contributed by atoms with E-state index in [9.17, 15) is 4.79 Å². The Morgan fingerprint density at radius 3 is 2.86 bits per heavy atom. The van der Waals surface area contributed by atoms with Gasteiger partial charge in [0.2, 0.25) is 0 Å². The van der Waals surface area contributed by atoms with Gasteiger partial charge in [-0.2, -0.15) is 0 Å². The van der Waals surface area contributed by atoms with E-state index < -0.39 is 0 Å². The predicted molar refractivity (Wildman–Crippen MR) is 59.6 cm³/mol. The van der Waals surface area contributed by atoms with Crippen molar-refractivity contribution in [3.63, 3.8) is 0 Å². The molecular formula is C11H8BrNO. The summed E-state index contributed by atoms with van der Waals surface area (Å²) in [4.78, 5) is 14.8. The van der Waals surface area contributed by atoms with E-state index in [0.29, 0.717) is 5.69 Å². The standard InChI is InChI=1S/C11H8BrNO/c1-7-4-9(12)5-8-2-3-10(6-14)13-11(7)8/h2-6H,1H3. The maximum atomic E-state index is 10.6. The summed E-state index contributed by atoms with van der Waals surface area (Å²) in [7, 11) is 0.